The Kier molecular flexibility index (Phi) is 3.39. The van der Waals surface area contributed by atoms with Crippen molar-refractivity contribution < 1.29 is 13.5 Å². The molecule has 1 aliphatic rings. The molecule has 0 radical (unpaired) electrons. The predicted octanol–water partition coefficient (Wildman–Crippen LogP) is 2.27. The molecule has 0 saturated carbocycles. The highest BCUT2D eigenvalue weighted by molar-refractivity contribution is 5.32. The lowest BCUT2D eigenvalue weighted by Gasteiger charge is -2.12. The van der Waals surface area contributed by atoms with Gasteiger partial charge in [-0.15, -0.1) is 0 Å². The molecule has 16 heavy (non-hydrogen) atoms. The SMILES string of the molecule is COc1cc(F)cc(CC2CCCN2)c1F. The van der Waals surface area contributed by atoms with E-state index in [9.17, 15) is 8.78 Å². The Bertz CT molecular complexity index is 376. The molecular weight excluding hydrogens is 212 g/mol. The first kappa shape index (κ1) is 11.3. The Labute approximate surface area is 93.6 Å². The van der Waals surface area contributed by atoms with E-state index < -0.39 is 11.6 Å². The van der Waals surface area contributed by atoms with Crippen molar-refractivity contribution in [2.24, 2.45) is 0 Å². The highest BCUT2D eigenvalue weighted by Crippen LogP contribution is 2.24. The fraction of sp³-hybridized carbons (Fsp3) is 0.500. The van der Waals surface area contributed by atoms with Crippen LogP contribution >= 0.6 is 0 Å². The first-order chi connectivity index (χ1) is 7.70. The third-order valence-electron chi connectivity index (χ3n) is 2.93. The van der Waals surface area contributed by atoms with Gasteiger partial charge in [-0.05, 0) is 37.4 Å². The van der Waals surface area contributed by atoms with Gasteiger partial charge in [0.15, 0.2) is 11.6 Å². The smallest absolute Gasteiger partial charge is 0.168 e. The van der Waals surface area contributed by atoms with Gasteiger partial charge in [0.05, 0.1) is 7.11 Å². The van der Waals surface area contributed by atoms with E-state index >= 15 is 0 Å². The average Bonchev–Trinajstić information content (AvgIpc) is 2.75. The van der Waals surface area contributed by atoms with Crippen LogP contribution in [0.1, 0.15) is 18.4 Å². The lowest BCUT2D eigenvalue weighted by atomic mass is 10.0. The van der Waals surface area contributed by atoms with Crippen LogP contribution in [0.25, 0.3) is 0 Å². The van der Waals surface area contributed by atoms with Crippen molar-refractivity contribution in [1.82, 2.24) is 5.32 Å². The third kappa shape index (κ3) is 2.32. The summed E-state index contributed by atoms with van der Waals surface area (Å²) in [5.74, 6) is -0.920. The van der Waals surface area contributed by atoms with E-state index in [0.29, 0.717) is 12.0 Å². The van der Waals surface area contributed by atoms with Gasteiger partial charge in [-0.25, -0.2) is 8.78 Å². The Hall–Kier alpha value is -1.16. The monoisotopic (exact) mass is 227 g/mol. The molecule has 1 aromatic rings. The minimum absolute atomic E-state index is 0.0204. The Morgan fingerprint density at radius 1 is 1.44 bits per heavy atom. The van der Waals surface area contributed by atoms with Crippen molar-refractivity contribution in [2.45, 2.75) is 25.3 Å². The Morgan fingerprint density at radius 3 is 2.88 bits per heavy atom. The van der Waals surface area contributed by atoms with Crippen molar-refractivity contribution in [3.63, 3.8) is 0 Å². The first-order valence-electron chi connectivity index (χ1n) is 5.46. The summed E-state index contributed by atoms with van der Waals surface area (Å²) in [5.41, 5.74) is 0.385. The maximum atomic E-state index is 13.8. The number of hydrogen-bond donors (Lipinski definition) is 1. The van der Waals surface area contributed by atoms with Crippen molar-refractivity contribution in [3.8, 4) is 5.75 Å². The van der Waals surface area contributed by atoms with Crippen LogP contribution < -0.4 is 10.1 Å². The van der Waals surface area contributed by atoms with Crippen LogP contribution in [0.2, 0.25) is 0 Å². The number of benzene rings is 1. The van der Waals surface area contributed by atoms with Crippen molar-refractivity contribution in [2.75, 3.05) is 13.7 Å². The van der Waals surface area contributed by atoms with Gasteiger partial charge in [-0.2, -0.15) is 0 Å². The standard InChI is InChI=1S/C12H15F2NO/c1-16-11-7-9(13)5-8(12(11)14)6-10-3-2-4-15-10/h5,7,10,15H,2-4,6H2,1H3. The summed E-state index contributed by atoms with van der Waals surface area (Å²) in [6.45, 7) is 0.957. The maximum absolute atomic E-state index is 13.8. The topological polar surface area (TPSA) is 21.3 Å². The van der Waals surface area contributed by atoms with Crippen LogP contribution in [0.15, 0.2) is 12.1 Å². The predicted molar refractivity (Wildman–Crippen MR) is 57.6 cm³/mol. The molecule has 1 unspecified atom stereocenters. The second-order valence-electron chi connectivity index (χ2n) is 4.08. The number of rotatable bonds is 3. The molecular formula is C12H15F2NO. The molecule has 0 spiro atoms. The van der Waals surface area contributed by atoms with Gasteiger partial charge in [-0.1, -0.05) is 0 Å². The lowest BCUT2D eigenvalue weighted by molar-refractivity contribution is 0.379. The number of methoxy groups -OCH3 is 1. The van der Waals surface area contributed by atoms with E-state index in [1.54, 1.807) is 0 Å². The van der Waals surface area contributed by atoms with Gasteiger partial charge in [0, 0.05) is 12.1 Å². The van der Waals surface area contributed by atoms with E-state index in [-0.39, 0.29) is 11.8 Å². The number of nitrogens with one attached hydrogen (secondary N) is 1. The molecule has 0 bridgehead atoms. The number of ether oxygens (including phenoxy) is 1. The molecule has 1 fully saturated rings. The number of hydrogen-bond acceptors (Lipinski definition) is 2. The summed E-state index contributed by atoms with van der Waals surface area (Å²) in [5, 5.41) is 3.26. The maximum Gasteiger partial charge on any atom is 0.168 e. The van der Waals surface area contributed by atoms with Gasteiger partial charge in [0.1, 0.15) is 5.82 Å². The van der Waals surface area contributed by atoms with Crippen molar-refractivity contribution in [3.05, 3.63) is 29.3 Å². The van der Waals surface area contributed by atoms with Gasteiger partial charge in [-0.3, -0.25) is 0 Å². The van der Waals surface area contributed by atoms with E-state index in [2.05, 4.69) is 5.32 Å². The molecule has 1 heterocycles. The molecule has 1 saturated heterocycles. The van der Waals surface area contributed by atoms with Crippen molar-refractivity contribution >= 4 is 0 Å². The normalized spacial score (nSPS) is 20.1. The lowest BCUT2D eigenvalue weighted by Crippen LogP contribution is -2.24. The largest absolute Gasteiger partial charge is 0.494 e. The second-order valence-corrected chi connectivity index (χ2v) is 4.08. The molecule has 2 nitrogen and oxygen atoms in total. The summed E-state index contributed by atoms with van der Waals surface area (Å²) >= 11 is 0. The van der Waals surface area contributed by atoms with Crippen LogP contribution in [-0.2, 0) is 6.42 Å². The van der Waals surface area contributed by atoms with Crippen LogP contribution in [0, 0.1) is 11.6 Å². The van der Waals surface area contributed by atoms with Crippen LogP contribution in [-0.4, -0.2) is 19.7 Å². The van der Waals surface area contributed by atoms with Gasteiger partial charge >= 0.3 is 0 Å². The number of halogens is 2. The molecule has 0 aromatic heterocycles. The fourth-order valence-corrected chi connectivity index (χ4v) is 2.11. The zero-order valence-corrected chi connectivity index (χ0v) is 9.22. The summed E-state index contributed by atoms with van der Waals surface area (Å²) in [6, 6.07) is 2.57. The van der Waals surface area contributed by atoms with E-state index in [1.807, 2.05) is 0 Å². The molecule has 4 heteroatoms. The van der Waals surface area contributed by atoms with Crippen molar-refractivity contribution in [1.29, 1.82) is 0 Å². The minimum atomic E-state index is -0.453. The molecule has 88 valence electrons. The van der Waals surface area contributed by atoms with Gasteiger partial charge < -0.3 is 10.1 Å². The highest BCUT2D eigenvalue weighted by atomic mass is 19.1. The van der Waals surface area contributed by atoms with E-state index in [4.69, 9.17) is 4.74 Å². The Morgan fingerprint density at radius 2 is 2.25 bits per heavy atom. The zero-order valence-electron chi connectivity index (χ0n) is 9.22. The van der Waals surface area contributed by atoms with E-state index in [0.717, 1.165) is 25.5 Å². The van der Waals surface area contributed by atoms with Crippen LogP contribution in [0.4, 0.5) is 8.78 Å². The molecule has 1 atom stereocenters. The van der Waals surface area contributed by atoms with E-state index in [1.165, 1.54) is 13.2 Å². The summed E-state index contributed by atoms with van der Waals surface area (Å²) in [4.78, 5) is 0. The molecule has 1 N–H and O–H groups in total. The Balaban J connectivity index is 2.21. The van der Waals surface area contributed by atoms with Crippen LogP contribution in [0.5, 0.6) is 5.75 Å². The first-order valence-corrected chi connectivity index (χ1v) is 5.46. The second kappa shape index (κ2) is 4.78. The zero-order chi connectivity index (χ0) is 11.5. The summed E-state index contributed by atoms with van der Waals surface area (Å²) in [6.07, 6.45) is 2.62. The molecule has 2 rings (SSSR count). The summed E-state index contributed by atoms with van der Waals surface area (Å²) < 4.78 is 31.8. The molecule has 1 aromatic carbocycles. The van der Waals surface area contributed by atoms with Gasteiger partial charge in [0.2, 0.25) is 0 Å². The highest BCUT2D eigenvalue weighted by Gasteiger charge is 2.19. The molecule has 0 aliphatic carbocycles. The molecule has 1 aliphatic heterocycles. The average molecular weight is 227 g/mol. The van der Waals surface area contributed by atoms with Crippen LogP contribution in [0.3, 0.4) is 0 Å². The minimum Gasteiger partial charge on any atom is -0.494 e. The quantitative estimate of drug-likeness (QED) is 0.855. The summed E-state index contributed by atoms with van der Waals surface area (Å²) in [7, 11) is 1.34. The fourth-order valence-electron chi connectivity index (χ4n) is 2.11. The molecule has 0 amide bonds. The third-order valence-corrected chi connectivity index (χ3v) is 2.93. The van der Waals surface area contributed by atoms with Gasteiger partial charge in [0.25, 0.3) is 0 Å².